The molecule has 2 rings (SSSR count). The number of benzene rings is 1. The van der Waals surface area contributed by atoms with Crippen LogP contribution in [0.3, 0.4) is 0 Å². The lowest BCUT2D eigenvalue weighted by Gasteiger charge is -2.14. The fraction of sp³-hybridized carbons (Fsp3) is 0.429. The Hall–Kier alpha value is -1.95. The zero-order valence-electron chi connectivity index (χ0n) is 11.4. The molecule has 0 heterocycles. The first-order valence-electron chi connectivity index (χ1n) is 6.42. The van der Waals surface area contributed by atoms with Gasteiger partial charge in [-0.1, -0.05) is 0 Å². The molecule has 0 bridgehead atoms. The number of amides is 2. The maximum absolute atomic E-state index is 14.5. The number of carbonyl (C=O) groups is 2. The van der Waals surface area contributed by atoms with Gasteiger partial charge in [0.15, 0.2) is 5.82 Å². The van der Waals surface area contributed by atoms with Crippen molar-refractivity contribution in [1.82, 2.24) is 0 Å². The third-order valence-electron chi connectivity index (χ3n) is 3.33. The van der Waals surface area contributed by atoms with Crippen LogP contribution in [0, 0.1) is 11.7 Å². The number of aliphatic hydroxyl groups is 1. The average molecular weight is 280 g/mol. The predicted octanol–water partition coefficient (Wildman–Crippen LogP) is 1.45. The minimum Gasteiger partial charge on any atom is -0.396 e. The highest BCUT2D eigenvalue weighted by molar-refractivity contribution is 5.98. The van der Waals surface area contributed by atoms with Crippen LogP contribution in [0.5, 0.6) is 0 Å². The maximum atomic E-state index is 14.5. The number of aliphatic hydroxyl groups excluding tert-OH is 1. The molecule has 6 heteroatoms. The molecule has 1 unspecified atom stereocenters. The molecule has 1 aliphatic carbocycles. The molecule has 1 aliphatic rings. The topological polar surface area (TPSA) is 78.4 Å². The summed E-state index contributed by atoms with van der Waals surface area (Å²) in [4.78, 5) is 22.4. The second-order valence-electron chi connectivity index (χ2n) is 5.07. The van der Waals surface area contributed by atoms with Gasteiger partial charge in [0.2, 0.25) is 11.8 Å². The van der Waals surface area contributed by atoms with Crippen molar-refractivity contribution in [3.8, 4) is 0 Å². The molecule has 1 atom stereocenters. The number of halogens is 1. The fourth-order valence-electron chi connectivity index (χ4n) is 2.53. The molecule has 0 saturated carbocycles. The summed E-state index contributed by atoms with van der Waals surface area (Å²) in [7, 11) is 0. The summed E-state index contributed by atoms with van der Waals surface area (Å²) in [5, 5.41) is 14.1. The SMILES string of the molecule is CC(=O)Nc1cc2c(c(F)c1NC(C)=O)CC(CO)C2. The molecule has 108 valence electrons. The first kappa shape index (κ1) is 14.5. The van der Waals surface area contributed by atoms with Crippen LogP contribution in [0.15, 0.2) is 6.07 Å². The molecule has 0 radical (unpaired) electrons. The maximum Gasteiger partial charge on any atom is 0.221 e. The summed E-state index contributed by atoms with van der Waals surface area (Å²) in [6.07, 6.45) is 1.00. The van der Waals surface area contributed by atoms with E-state index in [4.69, 9.17) is 0 Å². The van der Waals surface area contributed by atoms with E-state index in [9.17, 15) is 19.1 Å². The quantitative estimate of drug-likeness (QED) is 0.784. The van der Waals surface area contributed by atoms with Crippen molar-refractivity contribution < 1.29 is 19.1 Å². The van der Waals surface area contributed by atoms with E-state index in [1.54, 1.807) is 6.07 Å². The smallest absolute Gasteiger partial charge is 0.221 e. The zero-order chi connectivity index (χ0) is 14.9. The number of fused-ring (bicyclic) bond motifs is 1. The van der Waals surface area contributed by atoms with E-state index in [1.165, 1.54) is 13.8 Å². The van der Waals surface area contributed by atoms with E-state index >= 15 is 0 Å². The lowest BCUT2D eigenvalue weighted by atomic mass is 10.1. The third kappa shape index (κ3) is 2.80. The van der Waals surface area contributed by atoms with E-state index in [0.29, 0.717) is 18.4 Å². The van der Waals surface area contributed by atoms with Gasteiger partial charge in [-0.25, -0.2) is 4.39 Å². The molecule has 0 aliphatic heterocycles. The van der Waals surface area contributed by atoms with Gasteiger partial charge in [0.25, 0.3) is 0 Å². The Morgan fingerprint density at radius 3 is 2.50 bits per heavy atom. The van der Waals surface area contributed by atoms with E-state index in [-0.39, 0.29) is 29.8 Å². The standard InChI is InChI=1S/C14H17FN2O3/c1-7(19)16-12-5-10-3-9(6-18)4-11(10)13(15)14(12)17-8(2)20/h5,9,18H,3-4,6H2,1-2H3,(H,16,19)(H,17,20). The monoisotopic (exact) mass is 280 g/mol. The van der Waals surface area contributed by atoms with Crippen LogP contribution >= 0.6 is 0 Å². The molecule has 0 saturated heterocycles. The number of rotatable bonds is 3. The van der Waals surface area contributed by atoms with E-state index < -0.39 is 11.7 Å². The van der Waals surface area contributed by atoms with E-state index in [1.807, 2.05) is 0 Å². The average Bonchev–Trinajstić information content (AvgIpc) is 2.76. The van der Waals surface area contributed by atoms with Gasteiger partial charge in [-0.2, -0.15) is 0 Å². The molecule has 0 spiro atoms. The Labute approximate surface area is 116 Å². The molecule has 20 heavy (non-hydrogen) atoms. The number of hydrogen-bond donors (Lipinski definition) is 3. The highest BCUT2D eigenvalue weighted by Gasteiger charge is 2.28. The van der Waals surface area contributed by atoms with Crippen molar-refractivity contribution in [2.75, 3.05) is 17.2 Å². The van der Waals surface area contributed by atoms with Crippen molar-refractivity contribution in [1.29, 1.82) is 0 Å². The van der Waals surface area contributed by atoms with Crippen LogP contribution in [0.1, 0.15) is 25.0 Å². The summed E-state index contributed by atoms with van der Waals surface area (Å²) in [5.41, 5.74) is 1.51. The summed E-state index contributed by atoms with van der Waals surface area (Å²) in [6, 6.07) is 1.67. The van der Waals surface area contributed by atoms with Crippen LogP contribution < -0.4 is 10.6 Å². The number of carbonyl (C=O) groups excluding carboxylic acids is 2. The van der Waals surface area contributed by atoms with Crippen LogP contribution in [0.25, 0.3) is 0 Å². The summed E-state index contributed by atoms with van der Waals surface area (Å²) < 4.78 is 14.5. The molecule has 0 fully saturated rings. The second-order valence-corrected chi connectivity index (χ2v) is 5.07. The molecule has 0 aromatic heterocycles. The van der Waals surface area contributed by atoms with E-state index in [0.717, 1.165) is 5.56 Å². The van der Waals surface area contributed by atoms with Gasteiger partial charge in [-0.05, 0) is 36.0 Å². The molecular weight excluding hydrogens is 263 g/mol. The van der Waals surface area contributed by atoms with Crippen LogP contribution in [0.2, 0.25) is 0 Å². The Morgan fingerprint density at radius 1 is 1.30 bits per heavy atom. The number of anilines is 2. The third-order valence-corrected chi connectivity index (χ3v) is 3.33. The highest BCUT2D eigenvalue weighted by Crippen LogP contribution is 2.37. The summed E-state index contributed by atoms with van der Waals surface area (Å²) in [6.45, 7) is 2.58. The van der Waals surface area contributed by atoms with Gasteiger partial charge >= 0.3 is 0 Å². The molecule has 5 nitrogen and oxygen atoms in total. The fourth-order valence-corrected chi connectivity index (χ4v) is 2.53. The van der Waals surface area contributed by atoms with Crippen LogP contribution in [-0.2, 0) is 22.4 Å². The minimum absolute atomic E-state index is 0.00922. The first-order valence-corrected chi connectivity index (χ1v) is 6.42. The molecular formula is C14H17FN2O3. The van der Waals surface area contributed by atoms with Crippen molar-refractivity contribution >= 4 is 23.2 Å². The highest BCUT2D eigenvalue weighted by atomic mass is 19.1. The zero-order valence-corrected chi connectivity index (χ0v) is 11.4. The molecule has 2 amide bonds. The number of hydrogen-bond acceptors (Lipinski definition) is 3. The Bertz CT molecular complexity index is 572. The van der Waals surface area contributed by atoms with Gasteiger partial charge in [0, 0.05) is 20.5 Å². The summed E-state index contributed by atoms with van der Waals surface area (Å²) >= 11 is 0. The normalized spacial score (nSPS) is 16.7. The second kappa shape index (κ2) is 5.58. The lowest BCUT2D eigenvalue weighted by molar-refractivity contribution is -0.115. The van der Waals surface area contributed by atoms with Crippen LogP contribution in [-0.4, -0.2) is 23.5 Å². The Kier molecular flexibility index (Phi) is 4.04. The van der Waals surface area contributed by atoms with Crippen molar-refractivity contribution in [3.05, 3.63) is 23.0 Å². The molecule has 1 aromatic rings. The predicted molar refractivity (Wildman–Crippen MR) is 73.0 cm³/mol. The summed E-state index contributed by atoms with van der Waals surface area (Å²) in [5.74, 6) is -1.30. The molecule has 1 aromatic carbocycles. The van der Waals surface area contributed by atoms with Crippen molar-refractivity contribution in [3.63, 3.8) is 0 Å². The van der Waals surface area contributed by atoms with Gasteiger partial charge < -0.3 is 15.7 Å². The Morgan fingerprint density at radius 2 is 1.95 bits per heavy atom. The largest absolute Gasteiger partial charge is 0.396 e. The Balaban J connectivity index is 2.48. The van der Waals surface area contributed by atoms with Gasteiger partial charge in [-0.3, -0.25) is 9.59 Å². The van der Waals surface area contributed by atoms with Gasteiger partial charge in [-0.15, -0.1) is 0 Å². The van der Waals surface area contributed by atoms with Gasteiger partial charge in [0.1, 0.15) is 5.69 Å². The van der Waals surface area contributed by atoms with Crippen molar-refractivity contribution in [2.45, 2.75) is 26.7 Å². The molecule has 3 N–H and O–H groups in total. The van der Waals surface area contributed by atoms with Crippen LogP contribution in [0.4, 0.5) is 15.8 Å². The minimum atomic E-state index is -0.530. The lowest BCUT2D eigenvalue weighted by Crippen LogP contribution is -2.15. The van der Waals surface area contributed by atoms with Gasteiger partial charge in [0.05, 0.1) is 5.69 Å². The first-order chi connectivity index (χ1) is 9.42. The van der Waals surface area contributed by atoms with E-state index in [2.05, 4.69) is 10.6 Å². The van der Waals surface area contributed by atoms with Crippen molar-refractivity contribution in [2.24, 2.45) is 5.92 Å². The number of nitrogens with one attached hydrogen (secondary N) is 2.